The average molecular weight is 214 g/mol. The van der Waals surface area contributed by atoms with E-state index in [1.807, 2.05) is 0 Å². The fourth-order valence-electron chi connectivity index (χ4n) is 0.876. The van der Waals surface area contributed by atoms with Gasteiger partial charge in [-0.05, 0) is 13.0 Å². The largest absolute Gasteiger partial charge is 0.478 e. The van der Waals surface area contributed by atoms with Crippen molar-refractivity contribution < 1.29 is 9.90 Å². The average Bonchev–Trinajstić information content (AvgIpc) is 2.01. The van der Waals surface area contributed by atoms with E-state index < -0.39 is 5.97 Å². The molecule has 0 aliphatic heterocycles. The predicted molar refractivity (Wildman–Crippen MR) is 52.9 cm³/mol. The van der Waals surface area contributed by atoms with Gasteiger partial charge >= 0.3 is 5.97 Å². The zero-order chi connectivity index (χ0) is 10.7. The van der Waals surface area contributed by atoms with Gasteiger partial charge in [0, 0.05) is 6.08 Å². The topological polar surface area (TPSA) is 89.1 Å². The zero-order valence-electron chi connectivity index (χ0n) is 7.36. The molecule has 0 bridgehead atoms. The van der Waals surface area contributed by atoms with Gasteiger partial charge in [0.05, 0.1) is 5.56 Å². The molecular weight excluding hydrogens is 206 g/mol. The fourth-order valence-corrected chi connectivity index (χ4v) is 1.16. The standard InChI is InChI=1S/C8H8ClN3O2/c1-4-11-7(9)5(8(10)12-4)2-3-6(13)14/h2-3H,1H3,(H,13,14)(H2,10,11,12)/b3-2+. The third-order valence-electron chi connectivity index (χ3n) is 1.43. The number of aromatic nitrogens is 2. The lowest BCUT2D eigenvalue weighted by molar-refractivity contribution is -0.131. The van der Waals surface area contributed by atoms with Crippen LogP contribution in [0.5, 0.6) is 0 Å². The number of nitrogens with two attached hydrogens (primary N) is 1. The van der Waals surface area contributed by atoms with Crippen LogP contribution in [-0.4, -0.2) is 21.0 Å². The minimum atomic E-state index is -1.08. The van der Waals surface area contributed by atoms with Gasteiger partial charge in [0.1, 0.15) is 16.8 Å². The van der Waals surface area contributed by atoms with Crippen LogP contribution in [0, 0.1) is 6.92 Å². The van der Waals surface area contributed by atoms with Crippen LogP contribution in [0.1, 0.15) is 11.4 Å². The van der Waals surface area contributed by atoms with Gasteiger partial charge in [-0.1, -0.05) is 11.6 Å². The number of nitrogen functional groups attached to an aromatic ring is 1. The van der Waals surface area contributed by atoms with E-state index in [1.54, 1.807) is 6.92 Å². The molecule has 0 fully saturated rings. The lowest BCUT2D eigenvalue weighted by Crippen LogP contribution is -2.00. The smallest absolute Gasteiger partial charge is 0.328 e. The first kappa shape index (κ1) is 10.5. The number of carboxylic acids is 1. The van der Waals surface area contributed by atoms with Gasteiger partial charge in [-0.2, -0.15) is 0 Å². The fraction of sp³-hybridized carbons (Fsp3) is 0.125. The molecule has 1 rings (SSSR count). The molecular formula is C8H8ClN3O2. The Kier molecular flexibility index (Phi) is 3.03. The van der Waals surface area contributed by atoms with Crippen LogP contribution in [0.25, 0.3) is 6.08 Å². The molecule has 1 aromatic rings. The maximum Gasteiger partial charge on any atom is 0.328 e. The van der Waals surface area contributed by atoms with E-state index in [-0.39, 0.29) is 11.0 Å². The summed E-state index contributed by atoms with van der Waals surface area (Å²) in [6, 6.07) is 0. The monoisotopic (exact) mass is 213 g/mol. The number of hydrogen-bond donors (Lipinski definition) is 2. The number of aliphatic carboxylic acids is 1. The highest BCUT2D eigenvalue weighted by molar-refractivity contribution is 6.31. The summed E-state index contributed by atoms with van der Waals surface area (Å²) < 4.78 is 0. The lowest BCUT2D eigenvalue weighted by Gasteiger charge is -2.02. The molecule has 0 aliphatic carbocycles. The van der Waals surface area contributed by atoms with Gasteiger partial charge in [-0.3, -0.25) is 0 Å². The highest BCUT2D eigenvalue weighted by Gasteiger charge is 2.05. The van der Waals surface area contributed by atoms with Gasteiger partial charge in [0.25, 0.3) is 0 Å². The summed E-state index contributed by atoms with van der Waals surface area (Å²) in [6.45, 7) is 1.65. The van der Waals surface area contributed by atoms with E-state index in [0.29, 0.717) is 11.4 Å². The van der Waals surface area contributed by atoms with Crippen LogP contribution in [0.15, 0.2) is 6.08 Å². The summed E-state index contributed by atoms with van der Waals surface area (Å²) in [5.74, 6) is -0.471. The number of carbonyl (C=O) groups is 1. The highest BCUT2D eigenvalue weighted by atomic mass is 35.5. The maximum absolute atomic E-state index is 10.3. The molecule has 0 saturated carbocycles. The molecule has 0 atom stereocenters. The van der Waals surface area contributed by atoms with Gasteiger partial charge in [-0.25, -0.2) is 14.8 Å². The van der Waals surface area contributed by atoms with Crippen LogP contribution in [0.4, 0.5) is 5.82 Å². The van der Waals surface area contributed by atoms with Crippen LogP contribution < -0.4 is 5.73 Å². The van der Waals surface area contributed by atoms with Crippen molar-refractivity contribution in [3.8, 4) is 0 Å². The molecule has 3 N–H and O–H groups in total. The Bertz CT molecular complexity index is 381. The molecule has 5 nitrogen and oxygen atoms in total. The van der Waals surface area contributed by atoms with Crippen LogP contribution in [-0.2, 0) is 4.79 Å². The molecule has 1 aromatic heterocycles. The maximum atomic E-state index is 10.3. The Morgan fingerprint density at radius 3 is 2.71 bits per heavy atom. The molecule has 6 heteroatoms. The lowest BCUT2D eigenvalue weighted by atomic mass is 10.3. The molecule has 74 valence electrons. The molecule has 0 aliphatic rings. The number of anilines is 1. The molecule has 0 unspecified atom stereocenters. The van der Waals surface area contributed by atoms with E-state index in [0.717, 1.165) is 6.08 Å². The number of aryl methyl sites for hydroxylation is 1. The molecule has 1 heterocycles. The van der Waals surface area contributed by atoms with Gasteiger partial charge in [0.15, 0.2) is 0 Å². The van der Waals surface area contributed by atoms with E-state index in [4.69, 9.17) is 22.4 Å². The van der Waals surface area contributed by atoms with Crippen LogP contribution >= 0.6 is 11.6 Å². The third kappa shape index (κ3) is 2.43. The molecule has 0 amide bonds. The molecule has 0 saturated heterocycles. The van der Waals surface area contributed by atoms with Gasteiger partial charge in [0.2, 0.25) is 0 Å². The summed E-state index contributed by atoms with van der Waals surface area (Å²) in [4.78, 5) is 17.9. The number of carboxylic acid groups (broad SMARTS) is 1. The van der Waals surface area contributed by atoms with Crippen molar-refractivity contribution >= 4 is 29.5 Å². The third-order valence-corrected chi connectivity index (χ3v) is 1.72. The van der Waals surface area contributed by atoms with E-state index >= 15 is 0 Å². The Balaban J connectivity index is 3.15. The van der Waals surface area contributed by atoms with Crippen LogP contribution in [0.3, 0.4) is 0 Å². The normalized spacial score (nSPS) is 10.7. The van der Waals surface area contributed by atoms with Crippen molar-refractivity contribution in [2.24, 2.45) is 0 Å². The summed E-state index contributed by atoms with van der Waals surface area (Å²) in [5, 5.41) is 8.55. The van der Waals surface area contributed by atoms with Gasteiger partial charge < -0.3 is 10.8 Å². The Hall–Kier alpha value is -1.62. The Morgan fingerprint density at radius 2 is 2.21 bits per heavy atom. The molecule has 0 aromatic carbocycles. The van der Waals surface area contributed by atoms with Crippen molar-refractivity contribution in [1.82, 2.24) is 9.97 Å². The summed E-state index contributed by atoms with van der Waals surface area (Å²) in [6.07, 6.45) is 2.19. The van der Waals surface area contributed by atoms with Gasteiger partial charge in [-0.15, -0.1) is 0 Å². The molecule has 14 heavy (non-hydrogen) atoms. The number of hydrogen-bond acceptors (Lipinski definition) is 4. The molecule has 0 radical (unpaired) electrons. The first-order chi connectivity index (χ1) is 6.50. The highest BCUT2D eigenvalue weighted by Crippen LogP contribution is 2.19. The quantitative estimate of drug-likeness (QED) is 0.568. The van der Waals surface area contributed by atoms with E-state index in [9.17, 15) is 4.79 Å². The summed E-state index contributed by atoms with van der Waals surface area (Å²) in [7, 11) is 0. The predicted octanol–water partition coefficient (Wildman–Crippen LogP) is 1.12. The minimum absolute atomic E-state index is 0.146. The Morgan fingerprint density at radius 1 is 1.57 bits per heavy atom. The van der Waals surface area contributed by atoms with Crippen molar-refractivity contribution in [1.29, 1.82) is 0 Å². The van der Waals surface area contributed by atoms with E-state index in [1.165, 1.54) is 6.08 Å². The second-order valence-electron chi connectivity index (χ2n) is 2.53. The van der Waals surface area contributed by atoms with Crippen molar-refractivity contribution in [3.63, 3.8) is 0 Å². The van der Waals surface area contributed by atoms with Crippen LogP contribution in [0.2, 0.25) is 5.15 Å². The van der Waals surface area contributed by atoms with Crippen molar-refractivity contribution in [2.45, 2.75) is 6.92 Å². The first-order valence-electron chi connectivity index (χ1n) is 3.71. The summed E-state index contributed by atoms with van der Waals surface area (Å²) >= 11 is 5.74. The minimum Gasteiger partial charge on any atom is -0.478 e. The molecule has 0 spiro atoms. The van der Waals surface area contributed by atoms with Crippen molar-refractivity contribution in [3.05, 3.63) is 22.6 Å². The first-order valence-corrected chi connectivity index (χ1v) is 4.09. The van der Waals surface area contributed by atoms with E-state index in [2.05, 4.69) is 9.97 Å². The summed E-state index contributed by atoms with van der Waals surface area (Å²) in [5.41, 5.74) is 5.85. The van der Waals surface area contributed by atoms with Crippen molar-refractivity contribution in [2.75, 3.05) is 5.73 Å². The number of nitrogens with zero attached hydrogens (tertiary/aromatic N) is 2. The SMILES string of the molecule is Cc1nc(N)c(/C=C/C(=O)O)c(Cl)n1. The Labute approximate surface area is 85.2 Å². The number of halogens is 1. The number of rotatable bonds is 2. The zero-order valence-corrected chi connectivity index (χ0v) is 8.12. The second-order valence-corrected chi connectivity index (χ2v) is 2.89. The second kappa shape index (κ2) is 4.06.